The molecule has 2 unspecified atom stereocenters. The van der Waals surface area contributed by atoms with Crippen LogP contribution in [0.25, 0.3) is 0 Å². The maximum Gasteiger partial charge on any atom is -0.0389 e. The highest BCUT2D eigenvalue weighted by molar-refractivity contribution is 4.67. The zero-order valence-corrected chi connectivity index (χ0v) is 22.3. The van der Waals surface area contributed by atoms with Crippen LogP contribution in [-0.4, -0.2) is 0 Å². The first-order chi connectivity index (χ1) is 12.9. The van der Waals surface area contributed by atoms with E-state index in [1.54, 1.807) is 0 Å². The van der Waals surface area contributed by atoms with E-state index >= 15 is 0 Å². The largest absolute Gasteiger partial charge is 0.0628 e. The molecule has 0 fully saturated rings. The Labute approximate surface area is 182 Å². The number of unbranched alkanes of at least 4 members (excludes halogenated alkanes) is 1. The average molecular weight is 397 g/mol. The van der Waals surface area contributed by atoms with Gasteiger partial charge in [-0.2, -0.15) is 0 Å². The molecule has 0 saturated heterocycles. The standard InChI is InChI=1S/C15H32.C13H28/c1-12(2)9-7-8-10-15(14(5)6)11-13(3)4;1-10(2)7-8-13(12(5)6)9-11(3)4/h12-15H,7-11H2,1-6H3;10-13H,7-9H2,1-6H3. The molecule has 0 heteroatoms. The first-order valence-corrected chi connectivity index (χ1v) is 12.9. The van der Waals surface area contributed by atoms with Crippen molar-refractivity contribution in [3.63, 3.8) is 0 Å². The summed E-state index contributed by atoms with van der Waals surface area (Å²) in [7, 11) is 0. The molecule has 0 aromatic carbocycles. The molecule has 0 saturated carbocycles. The quantitative estimate of drug-likeness (QED) is 0.256. The average Bonchev–Trinajstić information content (AvgIpc) is 2.53. The molecule has 2 atom stereocenters. The second-order valence-corrected chi connectivity index (χ2v) is 11.9. The summed E-state index contributed by atoms with van der Waals surface area (Å²) in [5.74, 6) is 7.11. The molecule has 0 aromatic rings. The third kappa shape index (κ3) is 20.7. The minimum absolute atomic E-state index is 0.861. The number of hydrogen-bond acceptors (Lipinski definition) is 0. The third-order valence-electron chi connectivity index (χ3n) is 6.16. The highest BCUT2D eigenvalue weighted by Gasteiger charge is 2.15. The van der Waals surface area contributed by atoms with E-state index in [2.05, 4.69) is 83.1 Å². The first-order valence-electron chi connectivity index (χ1n) is 12.9. The summed E-state index contributed by atoms with van der Waals surface area (Å²) in [5.41, 5.74) is 0. The van der Waals surface area contributed by atoms with Crippen molar-refractivity contribution in [3.05, 3.63) is 0 Å². The molecule has 172 valence electrons. The van der Waals surface area contributed by atoms with E-state index in [0.29, 0.717) is 0 Å². The monoisotopic (exact) mass is 396 g/mol. The van der Waals surface area contributed by atoms with Gasteiger partial charge in [0.1, 0.15) is 0 Å². The molecule has 0 aliphatic heterocycles. The van der Waals surface area contributed by atoms with Crippen molar-refractivity contribution in [2.75, 3.05) is 0 Å². The van der Waals surface area contributed by atoms with Crippen LogP contribution in [0.4, 0.5) is 0 Å². The molecule has 0 radical (unpaired) electrons. The molecule has 0 N–H and O–H groups in total. The van der Waals surface area contributed by atoms with Crippen molar-refractivity contribution >= 4 is 0 Å². The Bertz CT molecular complexity index is 308. The molecular weight excluding hydrogens is 336 g/mol. The number of rotatable bonds is 14. The van der Waals surface area contributed by atoms with Crippen LogP contribution in [0.5, 0.6) is 0 Å². The van der Waals surface area contributed by atoms with Crippen LogP contribution in [0.1, 0.15) is 134 Å². The lowest BCUT2D eigenvalue weighted by molar-refractivity contribution is 0.280. The van der Waals surface area contributed by atoms with Gasteiger partial charge < -0.3 is 0 Å². The van der Waals surface area contributed by atoms with Crippen LogP contribution in [0.2, 0.25) is 0 Å². The van der Waals surface area contributed by atoms with Gasteiger partial charge in [-0.05, 0) is 66.6 Å². The molecule has 0 spiro atoms. The molecular formula is C28H60. The highest BCUT2D eigenvalue weighted by Crippen LogP contribution is 2.27. The van der Waals surface area contributed by atoms with Gasteiger partial charge in [-0.15, -0.1) is 0 Å². The predicted octanol–water partition coefficient (Wildman–Crippen LogP) is 10.3. The molecule has 0 aliphatic carbocycles. The predicted molar refractivity (Wildman–Crippen MR) is 133 cm³/mol. The molecule has 0 amide bonds. The second-order valence-electron chi connectivity index (χ2n) is 11.9. The van der Waals surface area contributed by atoms with Gasteiger partial charge in [-0.3, -0.25) is 0 Å². The lowest BCUT2D eigenvalue weighted by atomic mass is 9.83. The lowest BCUT2D eigenvalue weighted by Crippen LogP contribution is -2.12. The fraction of sp³-hybridized carbons (Fsp3) is 1.00. The van der Waals surface area contributed by atoms with Crippen LogP contribution < -0.4 is 0 Å². The van der Waals surface area contributed by atoms with E-state index in [4.69, 9.17) is 0 Å². The van der Waals surface area contributed by atoms with E-state index < -0.39 is 0 Å². The van der Waals surface area contributed by atoms with Crippen molar-refractivity contribution in [2.24, 2.45) is 47.3 Å². The first kappa shape index (κ1) is 30.2. The zero-order chi connectivity index (χ0) is 22.3. The fourth-order valence-electron chi connectivity index (χ4n) is 4.16. The summed E-state index contributed by atoms with van der Waals surface area (Å²) in [6.07, 6.45) is 11.4. The molecule has 28 heavy (non-hydrogen) atoms. The topological polar surface area (TPSA) is 0 Å². The van der Waals surface area contributed by atoms with Gasteiger partial charge in [0.2, 0.25) is 0 Å². The Morgan fingerprint density at radius 2 is 0.714 bits per heavy atom. The van der Waals surface area contributed by atoms with Gasteiger partial charge >= 0.3 is 0 Å². The molecule has 0 aromatic heterocycles. The minimum Gasteiger partial charge on any atom is -0.0628 e. The molecule has 0 heterocycles. The maximum atomic E-state index is 2.38. The smallest absolute Gasteiger partial charge is 0.0389 e. The van der Waals surface area contributed by atoms with Gasteiger partial charge in [0, 0.05) is 0 Å². The summed E-state index contributed by atoms with van der Waals surface area (Å²) in [5, 5.41) is 0. The van der Waals surface area contributed by atoms with Gasteiger partial charge in [-0.1, -0.05) is 115 Å². The zero-order valence-electron chi connectivity index (χ0n) is 22.3. The summed E-state index contributed by atoms with van der Waals surface area (Å²) in [6.45, 7) is 28.2. The summed E-state index contributed by atoms with van der Waals surface area (Å²) in [6, 6.07) is 0. The van der Waals surface area contributed by atoms with Crippen molar-refractivity contribution in [1.82, 2.24) is 0 Å². The Morgan fingerprint density at radius 1 is 0.357 bits per heavy atom. The number of hydrogen-bond donors (Lipinski definition) is 0. The molecule has 0 rings (SSSR count). The summed E-state index contributed by atoms with van der Waals surface area (Å²) in [4.78, 5) is 0. The van der Waals surface area contributed by atoms with E-state index in [-0.39, 0.29) is 0 Å². The van der Waals surface area contributed by atoms with Crippen molar-refractivity contribution in [1.29, 1.82) is 0 Å². The minimum atomic E-state index is 0.861. The van der Waals surface area contributed by atoms with Gasteiger partial charge in [0.05, 0.1) is 0 Å². The van der Waals surface area contributed by atoms with Crippen LogP contribution >= 0.6 is 0 Å². The van der Waals surface area contributed by atoms with Crippen molar-refractivity contribution in [3.8, 4) is 0 Å². The Morgan fingerprint density at radius 3 is 1.04 bits per heavy atom. The highest BCUT2D eigenvalue weighted by atomic mass is 14.2. The molecule has 0 aliphatic rings. The molecule has 0 nitrogen and oxygen atoms in total. The van der Waals surface area contributed by atoms with E-state index in [1.165, 1.54) is 51.4 Å². The van der Waals surface area contributed by atoms with E-state index in [0.717, 1.165) is 47.3 Å². The Balaban J connectivity index is 0. The van der Waals surface area contributed by atoms with Crippen LogP contribution in [0.3, 0.4) is 0 Å². The van der Waals surface area contributed by atoms with Gasteiger partial charge in [0.25, 0.3) is 0 Å². The van der Waals surface area contributed by atoms with Crippen molar-refractivity contribution in [2.45, 2.75) is 134 Å². The van der Waals surface area contributed by atoms with Crippen LogP contribution in [0, 0.1) is 47.3 Å². The van der Waals surface area contributed by atoms with Gasteiger partial charge in [0.15, 0.2) is 0 Å². The van der Waals surface area contributed by atoms with Crippen LogP contribution in [-0.2, 0) is 0 Å². The summed E-state index contributed by atoms with van der Waals surface area (Å²) >= 11 is 0. The van der Waals surface area contributed by atoms with E-state index in [1.807, 2.05) is 0 Å². The van der Waals surface area contributed by atoms with Crippen LogP contribution in [0.15, 0.2) is 0 Å². The lowest BCUT2D eigenvalue weighted by Gasteiger charge is -2.23. The Hall–Kier alpha value is 0. The van der Waals surface area contributed by atoms with Crippen molar-refractivity contribution < 1.29 is 0 Å². The third-order valence-corrected chi connectivity index (χ3v) is 6.16. The maximum absolute atomic E-state index is 2.38. The van der Waals surface area contributed by atoms with Gasteiger partial charge in [-0.25, -0.2) is 0 Å². The van der Waals surface area contributed by atoms with E-state index in [9.17, 15) is 0 Å². The fourth-order valence-corrected chi connectivity index (χ4v) is 4.16. The second kappa shape index (κ2) is 17.8. The normalized spacial score (nSPS) is 14.4. The summed E-state index contributed by atoms with van der Waals surface area (Å²) < 4.78 is 0. The SMILES string of the molecule is CC(C)CCC(CC(C)C)C(C)C.CC(C)CCCCC(CC(C)C)C(C)C. The Kier molecular flexibility index (Phi) is 19.2. The molecule has 0 bridgehead atoms.